The van der Waals surface area contributed by atoms with Crippen molar-refractivity contribution in [2.75, 3.05) is 13.1 Å². The van der Waals surface area contributed by atoms with Crippen LogP contribution >= 0.6 is 0 Å². The van der Waals surface area contributed by atoms with Gasteiger partial charge in [0.15, 0.2) is 0 Å². The third kappa shape index (κ3) is 17.8. The first-order valence-electron chi connectivity index (χ1n) is 5.12. The number of rotatable bonds is 5. The van der Waals surface area contributed by atoms with Crippen LogP contribution in [0.25, 0.3) is 0 Å². The topological polar surface area (TPSA) is 21.9 Å². The van der Waals surface area contributed by atoms with Crippen molar-refractivity contribution in [3.8, 4) is 0 Å². The lowest BCUT2D eigenvalue weighted by Gasteiger charge is -1.93. The molecule has 1 nitrogen and oxygen atoms in total. The lowest BCUT2D eigenvalue weighted by Crippen LogP contribution is -1.73. The van der Waals surface area contributed by atoms with Gasteiger partial charge in [0.1, 0.15) is 0 Å². The van der Waals surface area contributed by atoms with Crippen molar-refractivity contribution in [2.45, 2.75) is 52.4 Å². The second kappa shape index (κ2) is 9.96. The normalized spacial score (nSPS) is 13.6. The molecule has 1 aliphatic heterocycles. The van der Waals surface area contributed by atoms with Gasteiger partial charge in [-0.25, -0.2) is 0 Å². The Morgan fingerprint density at radius 1 is 0.818 bits per heavy atom. The van der Waals surface area contributed by atoms with Crippen molar-refractivity contribution in [3.05, 3.63) is 0 Å². The minimum atomic E-state index is 1.25. The fraction of sp³-hybridized carbons (Fsp3) is 1.00. The van der Waals surface area contributed by atoms with Crippen LogP contribution in [0.3, 0.4) is 0 Å². The molecule has 0 radical (unpaired) electrons. The first kappa shape index (κ1) is 11.0. The van der Waals surface area contributed by atoms with Gasteiger partial charge in [-0.3, -0.25) is 0 Å². The van der Waals surface area contributed by atoms with Crippen molar-refractivity contribution in [1.82, 2.24) is 5.32 Å². The second-order valence-corrected chi connectivity index (χ2v) is 3.16. The van der Waals surface area contributed by atoms with E-state index in [0.717, 1.165) is 0 Å². The number of hydrogen-bond acceptors (Lipinski definition) is 1. The van der Waals surface area contributed by atoms with E-state index in [9.17, 15) is 0 Å². The summed E-state index contributed by atoms with van der Waals surface area (Å²) < 4.78 is 0. The van der Waals surface area contributed by atoms with Gasteiger partial charge < -0.3 is 5.32 Å². The predicted octanol–water partition coefficient (Wildman–Crippen LogP) is 2.96. The van der Waals surface area contributed by atoms with Crippen LogP contribution < -0.4 is 5.32 Å². The molecule has 0 aromatic carbocycles. The van der Waals surface area contributed by atoms with Gasteiger partial charge in [-0.1, -0.05) is 52.4 Å². The molecule has 0 aromatic rings. The standard InChI is InChI=1S/C8H18.C2H5N/c1-3-5-7-8-6-4-2;1-2-3-1/h3-8H2,1-2H3;3H,1-2H2. The zero-order chi connectivity index (χ0) is 8.36. The lowest BCUT2D eigenvalue weighted by atomic mass is 10.1. The molecule has 1 saturated heterocycles. The van der Waals surface area contributed by atoms with E-state index in [1.54, 1.807) is 0 Å². The van der Waals surface area contributed by atoms with E-state index in [4.69, 9.17) is 0 Å². The van der Waals surface area contributed by atoms with E-state index in [0.29, 0.717) is 0 Å². The molecule has 1 rings (SSSR count). The van der Waals surface area contributed by atoms with Crippen LogP contribution in [0.5, 0.6) is 0 Å². The third-order valence-electron chi connectivity index (χ3n) is 1.71. The largest absolute Gasteiger partial charge is 0.314 e. The average Bonchev–Trinajstić information content (AvgIpc) is 2.84. The van der Waals surface area contributed by atoms with E-state index in [2.05, 4.69) is 19.2 Å². The average molecular weight is 157 g/mol. The van der Waals surface area contributed by atoms with Crippen molar-refractivity contribution >= 4 is 0 Å². The van der Waals surface area contributed by atoms with Crippen LogP contribution in [-0.2, 0) is 0 Å². The van der Waals surface area contributed by atoms with Crippen molar-refractivity contribution < 1.29 is 0 Å². The van der Waals surface area contributed by atoms with E-state index in [1.165, 1.54) is 51.6 Å². The Morgan fingerprint density at radius 3 is 1.36 bits per heavy atom. The Kier molecular flexibility index (Phi) is 9.92. The third-order valence-corrected chi connectivity index (χ3v) is 1.71. The van der Waals surface area contributed by atoms with Gasteiger partial charge in [-0.15, -0.1) is 0 Å². The molecule has 0 unspecified atom stereocenters. The smallest absolute Gasteiger partial charge is 0.00772 e. The zero-order valence-corrected chi connectivity index (χ0v) is 8.16. The van der Waals surface area contributed by atoms with Gasteiger partial charge in [0.25, 0.3) is 0 Å². The van der Waals surface area contributed by atoms with Gasteiger partial charge >= 0.3 is 0 Å². The summed E-state index contributed by atoms with van der Waals surface area (Å²) in [5, 5.41) is 3.00. The highest BCUT2D eigenvalue weighted by Crippen LogP contribution is 2.03. The lowest BCUT2D eigenvalue weighted by molar-refractivity contribution is 0.624. The first-order valence-corrected chi connectivity index (χ1v) is 5.12. The predicted molar refractivity (Wildman–Crippen MR) is 51.9 cm³/mol. The highest BCUT2D eigenvalue weighted by molar-refractivity contribution is 4.58. The molecule has 0 saturated carbocycles. The van der Waals surface area contributed by atoms with Crippen molar-refractivity contribution in [2.24, 2.45) is 0 Å². The Morgan fingerprint density at radius 2 is 1.18 bits per heavy atom. The van der Waals surface area contributed by atoms with Crippen LogP contribution in [0, 0.1) is 0 Å². The summed E-state index contributed by atoms with van der Waals surface area (Å²) in [6.07, 6.45) is 8.49. The summed E-state index contributed by atoms with van der Waals surface area (Å²) in [4.78, 5) is 0. The Labute approximate surface area is 71.6 Å². The summed E-state index contributed by atoms with van der Waals surface area (Å²) in [5.41, 5.74) is 0. The van der Waals surface area contributed by atoms with Crippen LogP contribution in [0.2, 0.25) is 0 Å². The van der Waals surface area contributed by atoms with Crippen molar-refractivity contribution in [1.29, 1.82) is 0 Å². The minimum absolute atomic E-state index is 1.25. The Balaban J connectivity index is 0.000000271. The van der Waals surface area contributed by atoms with Gasteiger partial charge in [0.2, 0.25) is 0 Å². The summed E-state index contributed by atoms with van der Waals surface area (Å²) in [5.74, 6) is 0. The molecule has 1 N–H and O–H groups in total. The van der Waals surface area contributed by atoms with E-state index >= 15 is 0 Å². The van der Waals surface area contributed by atoms with Crippen LogP contribution in [0.15, 0.2) is 0 Å². The Hall–Kier alpha value is -0.0400. The maximum absolute atomic E-state index is 3.00. The molecule has 11 heavy (non-hydrogen) atoms. The van der Waals surface area contributed by atoms with E-state index < -0.39 is 0 Å². The van der Waals surface area contributed by atoms with Crippen molar-refractivity contribution in [3.63, 3.8) is 0 Å². The molecular weight excluding hydrogens is 134 g/mol. The minimum Gasteiger partial charge on any atom is -0.314 e. The van der Waals surface area contributed by atoms with Gasteiger partial charge in [0.05, 0.1) is 0 Å². The van der Waals surface area contributed by atoms with Crippen LogP contribution in [-0.4, -0.2) is 13.1 Å². The quantitative estimate of drug-likeness (QED) is 0.481. The molecule has 68 valence electrons. The van der Waals surface area contributed by atoms with Crippen LogP contribution in [0.1, 0.15) is 52.4 Å². The Bertz CT molecular complexity index is 51.1. The molecule has 0 amide bonds. The highest BCUT2D eigenvalue weighted by atomic mass is 15.0. The molecule has 0 atom stereocenters. The molecule has 1 fully saturated rings. The summed E-state index contributed by atoms with van der Waals surface area (Å²) in [7, 11) is 0. The maximum Gasteiger partial charge on any atom is 0.00772 e. The first-order chi connectivity index (χ1) is 5.41. The SMILES string of the molecule is C1CN1.CCCCCCCC. The molecule has 0 spiro atoms. The zero-order valence-electron chi connectivity index (χ0n) is 8.16. The summed E-state index contributed by atoms with van der Waals surface area (Å²) in [6, 6.07) is 0. The van der Waals surface area contributed by atoms with Gasteiger partial charge in [-0.05, 0) is 0 Å². The molecule has 1 aliphatic rings. The maximum atomic E-state index is 3.00. The monoisotopic (exact) mass is 157 g/mol. The molecular formula is C10H23N. The molecule has 1 heteroatoms. The second-order valence-electron chi connectivity index (χ2n) is 3.16. The van der Waals surface area contributed by atoms with Gasteiger partial charge in [0, 0.05) is 13.1 Å². The number of unbranched alkanes of at least 4 members (excludes halogenated alkanes) is 5. The molecule has 0 aromatic heterocycles. The number of nitrogens with one attached hydrogen (secondary N) is 1. The van der Waals surface area contributed by atoms with E-state index in [-0.39, 0.29) is 0 Å². The van der Waals surface area contributed by atoms with Gasteiger partial charge in [-0.2, -0.15) is 0 Å². The van der Waals surface area contributed by atoms with Crippen LogP contribution in [0.4, 0.5) is 0 Å². The summed E-state index contributed by atoms with van der Waals surface area (Å²) in [6.45, 7) is 7.01. The summed E-state index contributed by atoms with van der Waals surface area (Å²) >= 11 is 0. The fourth-order valence-corrected chi connectivity index (χ4v) is 0.854. The molecule has 0 bridgehead atoms. The molecule has 0 aliphatic carbocycles. The fourth-order valence-electron chi connectivity index (χ4n) is 0.854. The highest BCUT2D eigenvalue weighted by Gasteiger charge is 1.91. The molecule has 1 heterocycles. The number of hydrogen-bond donors (Lipinski definition) is 1. The van der Waals surface area contributed by atoms with E-state index in [1.807, 2.05) is 0 Å².